The van der Waals surface area contributed by atoms with Gasteiger partial charge in [0.2, 0.25) is 0 Å². The van der Waals surface area contributed by atoms with E-state index < -0.39 is 0 Å². The first-order valence-corrected chi connectivity index (χ1v) is 7.91. The summed E-state index contributed by atoms with van der Waals surface area (Å²) in [5, 5.41) is 12.6. The highest BCUT2D eigenvalue weighted by molar-refractivity contribution is 5.94. The topological polar surface area (TPSA) is 75.1 Å². The maximum absolute atomic E-state index is 12.4. The number of aliphatic hydroxyl groups is 1. The highest BCUT2D eigenvalue weighted by Crippen LogP contribution is 2.37. The summed E-state index contributed by atoms with van der Waals surface area (Å²) in [6.07, 6.45) is 5.95. The Morgan fingerprint density at radius 1 is 1.30 bits per heavy atom. The predicted octanol–water partition coefficient (Wildman–Crippen LogP) is 2.42. The summed E-state index contributed by atoms with van der Waals surface area (Å²) in [7, 11) is 0. The molecule has 1 aromatic heterocycles. The molecule has 2 unspecified atom stereocenters. The van der Waals surface area contributed by atoms with Gasteiger partial charge in [0.15, 0.2) is 5.82 Å². The molecule has 0 aliphatic heterocycles. The molecule has 2 atom stereocenters. The summed E-state index contributed by atoms with van der Waals surface area (Å²) >= 11 is 0. The van der Waals surface area contributed by atoms with Gasteiger partial charge in [-0.2, -0.15) is 0 Å². The van der Waals surface area contributed by atoms with E-state index in [1.165, 1.54) is 0 Å². The zero-order valence-corrected chi connectivity index (χ0v) is 13.2. The molecule has 2 N–H and O–H groups in total. The van der Waals surface area contributed by atoms with Crippen molar-refractivity contribution in [2.24, 2.45) is 5.41 Å². The normalized spacial score (nSPS) is 23.7. The number of rotatable bonds is 4. The first-order valence-electron chi connectivity index (χ1n) is 7.91. The van der Waals surface area contributed by atoms with Crippen LogP contribution >= 0.6 is 0 Å². The summed E-state index contributed by atoms with van der Waals surface area (Å²) in [4.78, 5) is 20.9. The lowest BCUT2D eigenvalue weighted by atomic mass is 9.85. The Bertz CT molecular complexity index is 672. The van der Waals surface area contributed by atoms with Crippen LogP contribution in [0.25, 0.3) is 11.4 Å². The number of hydrogen-bond acceptors (Lipinski definition) is 4. The number of aromatic nitrogens is 2. The van der Waals surface area contributed by atoms with Crippen molar-refractivity contribution < 1.29 is 9.90 Å². The molecule has 23 heavy (non-hydrogen) atoms. The summed E-state index contributed by atoms with van der Waals surface area (Å²) < 4.78 is 0. The van der Waals surface area contributed by atoms with Crippen molar-refractivity contribution in [1.82, 2.24) is 15.3 Å². The van der Waals surface area contributed by atoms with Crippen LogP contribution < -0.4 is 5.32 Å². The van der Waals surface area contributed by atoms with E-state index in [9.17, 15) is 9.90 Å². The fourth-order valence-electron chi connectivity index (χ4n) is 3.09. The van der Waals surface area contributed by atoms with E-state index >= 15 is 0 Å². The smallest absolute Gasteiger partial charge is 0.254 e. The molecule has 5 nitrogen and oxygen atoms in total. The van der Waals surface area contributed by atoms with E-state index in [1.807, 2.05) is 37.3 Å². The number of hydrogen-bond donors (Lipinski definition) is 2. The average molecular weight is 311 g/mol. The molecule has 120 valence electrons. The third kappa shape index (κ3) is 3.24. The zero-order valence-electron chi connectivity index (χ0n) is 13.2. The second-order valence-corrected chi connectivity index (χ2v) is 6.39. The van der Waals surface area contributed by atoms with E-state index in [0.717, 1.165) is 24.8 Å². The Kier molecular flexibility index (Phi) is 4.39. The van der Waals surface area contributed by atoms with Crippen molar-refractivity contribution in [3.63, 3.8) is 0 Å². The van der Waals surface area contributed by atoms with Crippen molar-refractivity contribution >= 4 is 5.91 Å². The molecule has 1 aliphatic rings. The van der Waals surface area contributed by atoms with E-state index in [0.29, 0.717) is 11.4 Å². The van der Waals surface area contributed by atoms with Gasteiger partial charge in [-0.3, -0.25) is 4.79 Å². The van der Waals surface area contributed by atoms with Gasteiger partial charge >= 0.3 is 0 Å². The van der Waals surface area contributed by atoms with Crippen molar-refractivity contribution in [1.29, 1.82) is 0 Å². The van der Waals surface area contributed by atoms with Crippen LogP contribution in [0, 0.1) is 5.41 Å². The fraction of sp³-hybridized carbons (Fsp3) is 0.389. The van der Waals surface area contributed by atoms with Crippen LogP contribution in [0.5, 0.6) is 0 Å². The highest BCUT2D eigenvalue weighted by atomic mass is 16.3. The first-order chi connectivity index (χ1) is 11.1. The van der Waals surface area contributed by atoms with Crippen LogP contribution in [0.1, 0.15) is 36.5 Å². The molecule has 1 fully saturated rings. The molecule has 1 heterocycles. The first kappa shape index (κ1) is 15.6. The lowest BCUT2D eigenvalue weighted by Crippen LogP contribution is -2.44. The summed E-state index contributed by atoms with van der Waals surface area (Å²) in [6.45, 7) is 2.10. The van der Waals surface area contributed by atoms with E-state index in [4.69, 9.17) is 0 Å². The number of benzene rings is 1. The largest absolute Gasteiger partial charge is 0.396 e. The third-order valence-corrected chi connectivity index (χ3v) is 4.69. The monoisotopic (exact) mass is 311 g/mol. The zero-order chi connectivity index (χ0) is 16.3. The van der Waals surface area contributed by atoms with Crippen LogP contribution in [-0.4, -0.2) is 33.6 Å². The third-order valence-electron chi connectivity index (χ3n) is 4.69. The Hall–Kier alpha value is -2.27. The summed E-state index contributed by atoms with van der Waals surface area (Å²) in [5.74, 6) is 0.416. The average Bonchev–Trinajstić information content (AvgIpc) is 2.97. The molecule has 1 aliphatic carbocycles. The molecular weight excluding hydrogens is 290 g/mol. The molecule has 2 aromatic rings. The minimum atomic E-state index is -0.236. The van der Waals surface area contributed by atoms with Crippen molar-refractivity contribution in [3.05, 3.63) is 48.3 Å². The van der Waals surface area contributed by atoms with Crippen LogP contribution in [-0.2, 0) is 0 Å². The maximum atomic E-state index is 12.4. The quantitative estimate of drug-likeness (QED) is 0.909. The Morgan fingerprint density at radius 2 is 2.00 bits per heavy atom. The highest BCUT2D eigenvalue weighted by Gasteiger charge is 2.39. The molecule has 1 saturated carbocycles. The van der Waals surface area contributed by atoms with Gasteiger partial charge in [-0.05, 0) is 12.8 Å². The molecular formula is C18H21N3O2. The van der Waals surface area contributed by atoms with Gasteiger partial charge < -0.3 is 10.4 Å². The number of carbonyl (C=O) groups excluding carboxylic acids is 1. The lowest BCUT2D eigenvalue weighted by molar-refractivity contribution is 0.0830. The second-order valence-electron chi connectivity index (χ2n) is 6.39. The van der Waals surface area contributed by atoms with Crippen LogP contribution in [0.3, 0.4) is 0 Å². The molecule has 5 heteroatoms. The van der Waals surface area contributed by atoms with Crippen molar-refractivity contribution in [2.75, 3.05) is 6.61 Å². The molecule has 1 amide bonds. The van der Waals surface area contributed by atoms with Gasteiger partial charge in [0.1, 0.15) is 0 Å². The number of nitrogens with zero attached hydrogens (tertiary/aromatic N) is 2. The number of amides is 1. The van der Waals surface area contributed by atoms with Gasteiger partial charge in [0.25, 0.3) is 5.91 Å². The van der Waals surface area contributed by atoms with Crippen LogP contribution in [0.15, 0.2) is 42.7 Å². The van der Waals surface area contributed by atoms with Crippen molar-refractivity contribution in [3.8, 4) is 11.4 Å². The summed E-state index contributed by atoms with van der Waals surface area (Å²) in [6, 6.07) is 9.64. The van der Waals surface area contributed by atoms with Gasteiger partial charge in [0, 0.05) is 29.4 Å². The van der Waals surface area contributed by atoms with Gasteiger partial charge in [-0.15, -0.1) is 0 Å². The molecule has 3 rings (SSSR count). The van der Waals surface area contributed by atoms with Crippen LogP contribution in [0.4, 0.5) is 0 Å². The van der Waals surface area contributed by atoms with Crippen molar-refractivity contribution in [2.45, 2.75) is 32.2 Å². The van der Waals surface area contributed by atoms with E-state index in [2.05, 4.69) is 15.3 Å². The standard InChI is InChI=1S/C18H21N3O2/c1-18(12-22)9-5-8-15(18)21-17(23)14-10-19-16(20-11-14)13-6-3-2-4-7-13/h2-4,6-7,10-11,15,22H,5,8-9,12H2,1H3,(H,21,23). The summed E-state index contributed by atoms with van der Waals surface area (Å²) in [5.41, 5.74) is 1.13. The SMILES string of the molecule is CC1(CO)CCCC1NC(=O)c1cnc(-c2ccccc2)nc1. The molecule has 0 saturated heterocycles. The van der Waals surface area contributed by atoms with Gasteiger partial charge in [0.05, 0.1) is 12.2 Å². The van der Waals surface area contributed by atoms with Gasteiger partial charge in [-0.1, -0.05) is 43.7 Å². The number of carbonyl (C=O) groups is 1. The Balaban J connectivity index is 1.71. The number of aliphatic hydroxyl groups excluding tert-OH is 1. The molecule has 0 radical (unpaired) electrons. The maximum Gasteiger partial charge on any atom is 0.254 e. The molecule has 0 spiro atoms. The molecule has 0 bridgehead atoms. The molecule has 1 aromatic carbocycles. The lowest BCUT2D eigenvalue weighted by Gasteiger charge is -2.30. The minimum Gasteiger partial charge on any atom is -0.396 e. The second kappa shape index (κ2) is 6.46. The fourth-order valence-corrected chi connectivity index (χ4v) is 3.09. The number of nitrogens with one attached hydrogen (secondary N) is 1. The van der Waals surface area contributed by atoms with Crippen LogP contribution in [0.2, 0.25) is 0 Å². The van der Waals surface area contributed by atoms with E-state index in [1.54, 1.807) is 12.4 Å². The Morgan fingerprint density at radius 3 is 2.65 bits per heavy atom. The Labute approximate surface area is 135 Å². The minimum absolute atomic E-state index is 0.00574. The van der Waals surface area contributed by atoms with E-state index in [-0.39, 0.29) is 24.0 Å². The van der Waals surface area contributed by atoms with Gasteiger partial charge in [-0.25, -0.2) is 9.97 Å². The predicted molar refractivity (Wildman–Crippen MR) is 87.8 cm³/mol.